The molecule has 0 radical (unpaired) electrons. The number of aromatic nitrogens is 2. The zero-order valence-corrected chi connectivity index (χ0v) is 15.5. The minimum absolute atomic E-state index is 0.0504. The Morgan fingerprint density at radius 1 is 1.20 bits per heavy atom. The maximum Gasteiger partial charge on any atom is 0.257 e. The van der Waals surface area contributed by atoms with Crippen LogP contribution < -0.4 is 5.32 Å². The van der Waals surface area contributed by atoms with Gasteiger partial charge in [-0.1, -0.05) is 19.3 Å². The molecule has 1 N–H and O–H groups in total. The zero-order chi connectivity index (χ0) is 17.9. The highest BCUT2D eigenvalue weighted by molar-refractivity contribution is 7.91. The van der Waals surface area contributed by atoms with Gasteiger partial charge in [-0.2, -0.15) is 0 Å². The molecule has 1 atom stereocenters. The highest BCUT2D eigenvalue weighted by atomic mass is 32.2. The lowest BCUT2D eigenvalue weighted by Gasteiger charge is -2.27. The van der Waals surface area contributed by atoms with Crippen molar-refractivity contribution in [3.8, 4) is 0 Å². The van der Waals surface area contributed by atoms with Gasteiger partial charge in [-0.15, -0.1) is 0 Å². The van der Waals surface area contributed by atoms with Crippen LogP contribution in [0.4, 0.5) is 5.95 Å². The van der Waals surface area contributed by atoms with Crippen LogP contribution in [0.15, 0.2) is 12.4 Å². The average molecular weight is 366 g/mol. The lowest BCUT2D eigenvalue weighted by molar-refractivity contribution is 0.0707. The first-order valence-electron chi connectivity index (χ1n) is 9.08. The van der Waals surface area contributed by atoms with Crippen molar-refractivity contribution in [2.75, 3.05) is 23.4 Å². The van der Waals surface area contributed by atoms with E-state index in [1.54, 1.807) is 4.90 Å². The van der Waals surface area contributed by atoms with Crippen molar-refractivity contribution < 1.29 is 13.2 Å². The average Bonchev–Trinajstić information content (AvgIpc) is 2.97. The topological polar surface area (TPSA) is 92.3 Å². The largest absolute Gasteiger partial charge is 0.351 e. The number of nitrogens with zero attached hydrogens (tertiary/aromatic N) is 3. The molecular weight excluding hydrogens is 340 g/mol. The van der Waals surface area contributed by atoms with E-state index in [-0.39, 0.29) is 23.5 Å². The summed E-state index contributed by atoms with van der Waals surface area (Å²) in [6.07, 6.45) is 9.57. The molecule has 1 aliphatic carbocycles. The summed E-state index contributed by atoms with van der Waals surface area (Å²) in [4.78, 5) is 22.9. The molecule has 1 aromatic rings. The summed E-state index contributed by atoms with van der Waals surface area (Å²) in [5.41, 5.74) is 0.403. The summed E-state index contributed by atoms with van der Waals surface area (Å²) in [7, 11) is -3.02. The molecule has 138 valence electrons. The minimum atomic E-state index is -3.02. The second-order valence-electron chi connectivity index (χ2n) is 6.92. The number of rotatable bonds is 5. The lowest BCUT2D eigenvalue weighted by Crippen LogP contribution is -2.41. The molecule has 2 fully saturated rings. The molecule has 8 heteroatoms. The van der Waals surface area contributed by atoms with E-state index in [1.165, 1.54) is 31.7 Å². The maximum absolute atomic E-state index is 12.7. The molecule has 1 aliphatic heterocycles. The van der Waals surface area contributed by atoms with Crippen molar-refractivity contribution in [2.24, 2.45) is 0 Å². The van der Waals surface area contributed by atoms with Gasteiger partial charge in [0.05, 0.1) is 17.1 Å². The number of carbonyl (C=O) groups is 1. The van der Waals surface area contributed by atoms with Gasteiger partial charge >= 0.3 is 0 Å². The van der Waals surface area contributed by atoms with Crippen LogP contribution in [-0.2, 0) is 9.84 Å². The molecule has 2 heterocycles. The van der Waals surface area contributed by atoms with E-state index < -0.39 is 9.84 Å². The Kier molecular flexibility index (Phi) is 5.56. The van der Waals surface area contributed by atoms with Gasteiger partial charge in [0, 0.05) is 31.0 Å². The Hall–Kier alpha value is -1.70. The molecule has 1 saturated carbocycles. The Balaban J connectivity index is 1.64. The van der Waals surface area contributed by atoms with Crippen molar-refractivity contribution >= 4 is 21.7 Å². The van der Waals surface area contributed by atoms with Gasteiger partial charge in [0.2, 0.25) is 5.95 Å². The van der Waals surface area contributed by atoms with Crippen LogP contribution in [-0.4, -0.2) is 59.3 Å². The van der Waals surface area contributed by atoms with E-state index in [1.807, 2.05) is 6.92 Å². The van der Waals surface area contributed by atoms with E-state index in [0.717, 1.165) is 12.8 Å². The molecule has 1 saturated heterocycles. The first-order valence-corrected chi connectivity index (χ1v) is 10.9. The fourth-order valence-electron chi connectivity index (χ4n) is 3.70. The molecular formula is C17H26N4O3S. The van der Waals surface area contributed by atoms with Crippen LogP contribution in [0.3, 0.4) is 0 Å². The third-order valence-corrected chi connectivity index (χ3v) is 6.84. The standard InChI is InChI=1S/C17H26N4O3S/c1-2-21(15-8-9-25(23,24)12-15)16(22)13-10-18-17(19-11-13)20-14-6-4-3-5-7-14/h10-11,14-15H,2-9,12H2,1H3,(H,18,19,20). The molecule has 0 bridgehead atoms. The van der Waals surface area contributed by atoms with Crippen LogP contribution in [0.25, 0.3) is 0 Å². The van der Waals surface area contributed by atoms with Crippen LogP contribution in [0.2, 0.25) is 0 Å². The molecule has 0 aromatic carbocycles. The van der Waals surface area contributed by atoms with Gasteiger partial charge in [0.1, 0.15) is 0 Å². The molecule has 25 heavy (non-hydrogen) atoms. The van der Waals surface area contributed by atoms with E-state index in [4.69, 9.17) is 0 Å². The first-order chi connectivity index (χ1) is 12.0. The van der Waals surface area contributed by atoms with Crippen LogP contribution >= 0.6 is 0 Å². The molecule has 1 unspecified atom stereocenters. The Morgan fingerprint density at radius 2 is 1.88 bits per heavy atom. The first kappa shape index (κ1) is 18.1. The molecule has 0 spiro atoms. The number of sulfone groups is 1. The van der Waals surface area contributed by atoms with Gasteiger partial charge in [0.25, 0.3) is 5.91 Å². The van der Waals surface area contributed by atoms with E-state index in [0.29, 0.717) is 30.5 Å². The summed E-state index contributed by atoms with van der Waals surface area (Å²) in [5, 5.41) is 3.33. The van der Waals surface area contributed by atoms with Crippen molar-refractivity contribution in [2.45, 2.75) is 57.5 Å². The van der Waals surface area contributed by atoms with Crippen molar-refractivity contribution in [3.63, 3.8) is 0 Å². The summed E-state index contributed by atoms with van der Waals surface area (Å²) < 4.78 is 23.4. The zero-order valence-electron chi connectivity index (χ0n) is 14.6. The smallest absolute Gasteiger partial charge is 0.257 e. The summed E-state index contributed by atoms with van der Waals surface area (Å²) in [6.45, 7) is 2.34. The second-order valence-corrected chi connectivity index (χ2v) is 9.15. The number of anilines is 1. The molecule has 1 amide bonds. The third-order valence-electron chi connectivity index (χ3n) is 5.09. The molecule has 7 nitrogen and oxygen atoms in total. The Morgan fingerprint density at radius 3 is 2.44 bits per heavy atom. The predicted molar refractivity (Wildman–Crippen MR) is 96.3 cm³/mol. The minimum Gasteiger partial charge on any atom is -0.351 e. The van der Waals surface area contributed by atoms with Crippen molar-refractivity contribution in [1.82, 2.24) is 14.9 Å². The van der Waals surface area contributed by atoms with E-state index in [9.17, 15) is 13.2 Å². The van der Waals surface area contributed by atoms with Gasteiger partial charge in [-0.05, 0) is 26.2 Å². The summed E-state index contributed by atoms with van der Waals surface area (Å²) in [5.74, 6) is 0.556. The van der Waals surface area contributed by atoms with Crippen LogP contribution in [0, 0.1) is 0 Å². The van der Waals surface area contributed by atoms with Crippen molar-refractivity contribution in [3.05, 3.63) is 18.0 Å². The Labute approximate surface area is 149 Å². The van der Waals surface area contributed by atoms with Crippen LogP contribution in [0.1, 0.15) is 55.8 Å². The van der Waals surface area contributed by atoms with Gasteiger partial charge in [0.15, 0.2) is 9.84 Å². The third kappa shape index (κ3) is 4.48. The summed E-state index contributed by atoms with van der Waals surface area (Å²) >= 11 is 0. The number of hydrogen-bond acceptors (Lipinski definition) is 6. The van der Waals surface area contributed by atoms with Gasteiger partial charge < -0.3 is 10.2 Å². The molecule has 1 aromatic heterocycles. The number of carbonyl (C=O) groups excluding carboxylic acids is 1. The van der Waals surface area contributed by atoms with Gasteiger partial charge in [-0.3, -0.25) is 4.79 Å². The maximum atomic E-state index is 12.7. The monoisotopic (exact) mass is 366 g/mol. The van der Waals surface area contributed by atoms with Gasteiger partial charge in [-0.25, -0.2) is 18.4 Å². The highest BCUT2D eigenvalue weighted by Gasteiger charge is 2.34. The number of hydrogen-bond donors (Lipinski definition) is 1. The Bertz CT molecular complexity index is 699. The highest BCUT2D eigenvalue weighted by Crippen LogP contribution is 2.21. The second kappa shape index (κ2) is 7.68. The molecule has 2 aliphatic rings. The lowest BCUT2D eigenvalue weighted by atomic mass is 9.96. The van der Waals surface area contributed by atoms with E-state index >= 15 is 0 Å². The van der Waals surface area contributed by atoms with Crippen LogP contribution in [0.5, 0.6) is 0 Å². The normalized spacial score (nSPS) is 23.3. The fraction of sp³-hybridized carbons (Fsp3) is 0.706. The fourth-order valence-corrected chi connectivity index (χ4v) is 5.43. The van der Waals surface area contributed by atoms with E-state index in [2.05, 4.69) is 15.3 Å². The molecule has 3 rings (SSSR count). The predicted octanol–water partition coefficient (Wildman–Crippen LogP) is 1.87. The summed E-state index contributed by atoms with van der Waals surface area (Å²) in [6, 6.07) is 0.161. The quantitative estimate of drug-likeness (QED) is 0.855. The number of amides is 1. The number of nitrogens with one attached hydrogen (secondary N) is 1. The SMILES string of the molecule is CCN(C(=O)c1cnc(NC2CCCCC2)nc1)C1CCS(=O)(=O)C1. The van der Waals surface area contributed by atoms with Crippen molar-refractivity contribution in [1.29, 1.82) is 0 Å².